The van der Waals surface area contributed by atoms with Crippen LogP contribution in [0.25, 0.3) is 11.3 Å². The van der Waals surface area contributed by atoms with Crippen LogP contribution in [-0.4, -0.2) is 46.5 Å². The second-order valence-electron chi connectivity index (χ2n) is 9.01. The van der Waals surface area contributed by atoms with E-state index in [1.807, 2.05) is 61.3 Å². The maximum atomic E-state index is 13.9. The number of methoxy groups -OCH3 is 2. The first kappa shape index (κ1) is 23.5. The second-order valence-corrected chi connectivity index (χ2v) is 9.01. The molecule has 5 rings (SSSR count). The topological polar surface area (TPSA) is 76.8 Å². The Hall–Kier alpha value is -4.26. The van der Waals surface area contributed by atoms with Crippen LogP contribution in [0.5, 0.6) is 17.2 Å². The van der Waals surface area contributed by atoms with Crippen molar-refractivity contribution in [2.45, 2.75) is 19.4 Å². The minimum absolute atomic E-state index is 0.0749. The van der Waals surface area contributed by atoms with E-state index < -0.39 is 6.04 Å². The van der Waals surface area contributed by atoms with E-state index >= 15 is 0 Å². The monoisotopic (exact) mass is 483 g/mol. The van der Waals surface area contributed by atoms with Crippen LogP contribution in [0.1, 0.15) is 38.8 Å². The van der Waals surface area contributed by atoms with Crippen molar-refractivity contribution in [2.24, 2.45) is 7.05 Å². The zero-order valence-electron chi connectivity index (χ0n) is 20.9. The van der Waals surface area contributed by atoms with Gasteiger partial charge in [0, 0.05) is 24.7 Å². The first-order chi connectivity index (χ1) is 17.4. The minimum atomic E-state index is -0.426. The number of benzene rings is 3. The van der Waals surface area contributed by atoms with E-state index in [1.165, 1.54) is 14.2 Å². The highest BCUT2D eigenvalue weighted by Gasteiger charge is 2.43. The molecule has 0 aliphatic carbocycles. The summed E-state index contributed by atoms with van der Waals surface area (Å²) in [5.74, 6) is 0.419. The first-order valence-corrected chi connectivity index (χ1v) is 11.9. The molecule has 7 nitrogen and oxygen atoms in total. The van der Waals surface area contributed by atoms with Gasteiger partial charge in [-0.15, -0.1) is 0 Å². The minimum Gasteiger partial charge on any atom is -0.502 e. The number of phenolic OH excluding ortho intramolecular Hbond substituents is 1. The Labute approximate surface area is 210 Å². The molecular weight excluding hydrogens is 454 g/mol. The number of carbonyl (C=O) groups is 1. The third kappa shape index (κ3) is 3.96. The Morgan fingerprint density at radius 2 is 1.61 bits per heavy atom. The van der Waals surface area contributed by atoms with Gasteiger partial charge in [-0.3, -0.25) is 9.48 Å². The number of nitrogens with zero attached hydrogens (tertiary/aromatic N) is 3. The third-order valence-corrected chi connectivity index (χ3v) is 6.76. The maximum Gasteiger partial charge on any atom is 0.273 e. The molecule has 0 spiro atoms. The zero-order chi connectivity index (χ0) is 25.4. The van der Waals surface area contributed by atoms with Gasteiger partial charge in [-0.1, -0.05) is 60.2 Å². The smallest absolute Gasteiger partial charge is 0.273 e. The molecule has 1 aromatic heterocycles. The van der Waals surface area contributed by atoms with Crippen LogP contribution in [0.15, 0.2) is 66.7 Å². The van der Waals surface area contributed by atoms with Crippen molar-refractivity contribution in [1.29, 1.82) is 0 Å². The average Bonchev–Trinajstić information content (AvgIpc) is 3.38. The first-order valence-electron chi connectivity index (χ1n) is 11.9. The lowest BCUT2D eigenvalue weighted by Gasteiger charge is -2.27. The highest BCUT2D eigenvalue weighted by atomic mass is 16.5. The lowest BCUT2D eigenvalue weighted by atomic mass is 9.95. The van der Waals surface area contributed by atoms with Crippen molar-refractivity contribution in [3.8, 4) is 28.5 Å². The zero-order valence-corrected chi connectivity index (χ0v) is 20.9. The number of aryl methyl sites for hydroxylation is 2. The predicted molar refractivity (Wildman–Crippen MR) is 138 cm³/mol. The Bertz CT molecular complexity index is 1390. The summed E-state index contributed by atoms with van der Waals surface area (Å²) in [6.45, 7) is 2.56. The molecule has 1 aliphatic heterocycles. The molecule has 36 heavy (non-hydrogen) atoms. The Morgan fingerprint density at radius 1 is 0.972 bits per heavy atom. The summed E-state index contributed by atoms with van der Waals surface area (Å²) >= 11 is 0. The van der Waals surface area contributed by atoms with E-state index in [0.717, 1.165) is 33.5 Å². The summed E-state index contributed by atoms with van der Waals surface area (Å²) in [5, 5.41) is 15.3. The number of amides is 1. The number of ether oxygens (including phenoxy) is 2. The van der Waals surface area contributed by atoms with Gasteiger partial charge in [0.15, 0.2) is 11.5 Å². The number of fused-ring (bicyclic) bond motifs is 1. The van der Waals surface area contributed by atoms with E-state index in [9.17, 15) is 9.90 Å². The van der Waals surface area contributed by atoms with Crippen molar-refractivity contribution in [3.63, 3.8) is 0 Å². The maximum absolute atomic E-state index is 13.9. The van der Waals surface area contributed by atoms with Gasteiger partial charge in [-0.05, 0) is 36.6 Å². The molecule has 184 valence electrons. The van der Waals surface area contributed by atoms with Gasteiger partial charge < -0.3 is 19.5 Å². The number of rotatable bonds is 7. The molecular formula is C29H29N3O4. The lowest BCUT2D eigenvalue weighted by molar-refractivity contribution is 0.0741. The van der Waals surface area contributed by atoms with Crippen molar-refractivity contribution in [3.05, 3.63) is 94.7 Å². The van der Waals surface area contributed by atoms with Crippen molar-refractivity contribution >= 4 is 5.91 Å². The van der Waals surface area contributed by atoms with Crippen LogP contribution >= 0.6 is 0 Å². The molecule has 0 radical (unpaired) electrons. The molecule has 1 amide bonds. The average molecular weight is 484 g/mol. The summed E-state index contributed by atoms with van der Waals surface area (Å²) in [4.78, 5) is 15.7. The number of aromatic nitrogens is 2. The van der Waals surface area contributed by atoms with Crippen LogP contribution in [0, 0.1) is 6.92 Å². The molecule has 4 aromatic rings. The van der Waals surface area contributed by atoms with Gasteiger partial charge >= 0.3 is 0 Å². The largest absolute Gasteiger partial charge is 0.502 e. The molecule has 1 N–H and O–H groups in total. The number of phenols is 1. The molecule has 7 heteroatoms. The predicted octanol–water partition coefficient (Wildman–Crippen LogP) is 4.91. The number of hydrogen-bond donors (Lipinski definition) is 1. The van der Waals surface area contributed by atoms with Crippen molar-refractivity contribution in [2.75, 3.05) is 20.8 Å². The van der Waals surface area contributed by atoms with Crippen LogP contribution < -0.4 is 9.47 Å². The molecule has 1 unspecified atom stereocenters. The number of aromatic hydroxyl groups is 1. The van der Waals surface area contributed by atoms with Gasteiger partial charge in [0.2, 0.25) is 5.75 Å². The summed E-state index contributed by atoms with van der Waals surface area (Å²) in [6.07, 6.45) is 0.705. The van der Waals surface area contributed by atoms with E-state index in [4.69, 9.17) is 14.6 Å². The Balaban J connectivity index is 1.68. The van der Waals surface area contributed by atoms with Gasteiger partial charge in [0.1, 0.15) is 5.69 Å². The van der Waals surface area contributed by atoms with E-state index in [2.05, 4.69) is 12.1 Å². The summed E-state index contributed by atoms with van der Waals surface area (Å²) in [7, 11) is 4.81. The van der Waals surface area contributed by atoms with Crippen molar-refractivity contribution in [1.82, 2.24) is 14.7 Å². The highest BCUT2D eigenvalue weighted by molar-refractivity contribution is 6.00. The Morgan fingerprint density at radius 3 is 2.22 bits per heavy atom. The molecule has 0 fully saturated rings. The summed E-state index contributed by atoms with van der Waals surface area (Å²) < 4.78 is 12.6. The van der Waals surface area contributed by atoms with Gasteiger partial charge in [-0.25, -0.2) is 0 Å². The van der Waals surface area contributed by atoms with Crippen LogP contribution in [0.4, 0.5) is 0 Å². The van der Waals surface area contributed by atoms with Gasteiger partial charge in [0.05, 0.1) is 26.0 Å². The van der Waals surface area contributed by atoms with Crippen LogP contribution in [0.2, 0.25) is 0 Å². The molecule has 3 aromatic carbocycles. The third-order valence-electron chi connectivity index (χ3n) is 6.76. The Kier molecular flexibility index (Phi) is 6.14. The summed E-state index contributed by atoms with van der Waals surface area (Å²) in [6, 6.07) is 21.4. The highest BCUT2D eigenvalue weighted by Crippen LogP contribution is 2.47. The number of carbonyl (C=O) groups excluding carboxylic acids is 1. The number of hydrogen-bond acceptors (Lipinski definition) is 5. The second kappa shape index (κ2) is 9.41. The summed E-state index contributed by atoms with van der Waals surface area (Å²) in [5.41, 5.74) is 6.19. The molecule has 2 heterocycles. The molecule has 1 atom stereocenters. The van der Waals surface area contributed by atoms with Crippen LogP contribution in [0.3, 0.4) is 0 Å². The molecule has 0 saturated heterocycles. The van der Waals surface area contributed by atoms with Gasteiger partial charge in [0.25, 0.3) is 5.91 Å². The van der Waals surface area contributed by atoms with E-state index in [-0.39, 0.29) is 23.2 Å². The van der Waals surface area contributed by atoms with Crippen LogP contribution in [-0.2, 0) is 13.5 Å². The fraction of sp³-hybridized carbons (Fsp3) is 0.241. The van der Waals surface area contributed by atoms with Gasteiger partial charge in [-0.2, -0.15) is 5.10 Å². The van der Waals surface area contributed by atoms with Crippen molar-refractivity contribution < 1.29 is 19.4 Å². The molecule has 0 saturated carbocycles. The molecule has 0 bridgehead atoms. The van der Waals surface area contributed by atoms with E-state index in [0.29, 0.717) is 18.7 Å². The lowest BCUT2D eigenvalue weighted by Crippen LogP contribution is -2.32. The fourth-order valence-corrected chi connectivity index (χ4v) is 4.93. The quantitative estimate of drug-likeness (QED) is 0.404. The fourth-order valence-electron chi connectivity index (χ4n) is 4.93. The molecule has 1 aliphatic rings. The standard InChI is InChI=1S/C29H29N3O4/c1-18-10-12-20(13-11-18)25-24-26(21-16-22(35-3)28(33)23(17-21)36-4)32(29(34)27(24)31(2)30-25)15-14-19-8-6-5-7-9-19/h5-13,16-17,26,33H,14-15H2,1-4H3. The SMILES string of the molecule is COc1cc(C2c3c(-c4ccc(C)cc4)nn(C)c3C(=O)N2CCc2ccccc2)cc(OC)c1O. The normalized spacial score (nSPS) is 14.7. The van der Waals surface area contributed by atoms with E-state index in [1.54, 1.807) is 16.8 Å².